The van der Waals surface area contributed by atoms with E-state index in [1.54, 1.807) is 6.07 Å². The van der Waals surface area contributed by atoms with Gasteiger partial charge in [0.2, 0.25) is 5.91 Å². The molecule has 3 rings (SSSR count). The molecule has 102 valence electrons. The Bertz CT molecular complexity index is 477. The lowest BCUT2D eigenvalue weighted by atomic mass is 9.88. The largest absolute Gasteiger partial charge is 0.342 e. The zero-order chi connectivity index (χ0) is 13.2. The molecule has 0 aliphatic carbocycles. The fourth-order valence-corrected chi connectivity index (χ4v) is 3.19. The molecule has 3 nitrogen and oxygen atoms in total. The van der Waals surface area contributed by atoms with Crippen LogP contribution in [0.4, 0.5) is 4.39 Å². The van der Waals surface area contributed by atoms with Crippen LogP contribution in [0, 0.1) is 17.7 Å². The summed E-state index contributed by atoms with van der Waals surface area (Å²) in [5.74, 6) is 1.18. The lowest BCUT2D eigenvalue weighted by molar-refractivity contribution is -0.132. The van der Waals surface area contributed by atoms with Crippen molar-refractivity contribution in [3.05, 3.63) is 35.6 Å². The Balaban J connectivity index is 1.61. The maximum Gasteiger partial charge on any atom is 0.227 e. The summed E-state index contributed by atoms with van der Waals surface area (Å²) in [6.07, 6.45) is 1.40. The minimum atomic E-state index is -0.274. The molecule has 2 aliphatic rings. The highest BCUT2D eigenvalue weighted by atomic mass is 19.1. The van der Waals surface area contributed by atoms with Gasteiger partial charge in [0.05, 0.1) is 6.42 Å². The number of nitrogens with zero attached hydrogens (tertiary/aromatic N) is 1. The number of hydrogen-bond donors (Lipinski definition) is 1. The van der Waals surface area contributed by atoms with Gasteiger partial charge >= 0.3 is 0 Å². The van der Waals surface area contributed by atoms with Gasteiger partial charge in [-0.05, 0) is 49.0 Å². The molecule has 1 N–H and O–H groups in total. The molecule has 1 aromatic rings. The van der Waals surface area contributed by atoms with Crippen molar-refractivity contribution in [2.45, 2.75) is 12.8 Å². The fourth-order valence-electron chi connectivity index (χ4n) is 3.19. The molecule has 1 aromatic carbocycles. The zero-order valence-electron chi connectivity index (χ0n) is 10.9. The smallest absolute Gasteiger partial charge is 0.227 e. The summed E-state index contributed by atoms with van der Waals surface area (Å²) < 4.78 is 13.1. The molecular weight excluding hydrogens is 243 g/mol. The number of benzene rings is 1. The van der Waals surface area contributed by atoms with Gasteiger partial charge in [-0.3, -0.25) is 4.79 Å². The second kappa shape index (κ2) is 5.29. The minimum Gasteiger partial charge on any atom is -0.342 e. The lowest BCUT2D eigenvalue weighted by Gasteiger charge is -2.34. The van der Waals surface area contributed by atoms with Crippen LogP contribution in [0.5, 0.6) is 0 Å². The molecule has 4 heteroatoms. The number of fused-ring (bicyclic) bond motifs is 1. The molecule has 0 bridgehead atoms. The Morgan fingerprint density at radius 1 is 1.37 bits per heavy atom. The topological polar surface area (TPSA) is 32.3 Å². The van der Waals surface area contributed by atoms with Gasteiger partial charge in [-0.2, -0.15) is 0 Å². The Morgan fingerprint density at radius 2 is 2.21 bits per heavy atom. The third-order valence-corrected chi connectivity index (χ3v) is 4.30. The van der Waals surface area contributed by atoms with Gasteiger partial charge in [-0.25, -0.2) is 4.39 Å². The van der Waals surface area contributed by atoms with Crippen LogP contribution in [0.15, 0.2) is 24.3 Å². The standard InChI is InChI=1S/C15H19FN2O/c16-14-3-1-2-11(6-14)7-15(19)18-5-4-12-8-17-9-13(12)10-18/h1-3,6,12-13,17H,4-5,7-10H2. The molecule has 19 heavy (non-hydrogen) atoms. The molecule has 0 saturated carbocycles. The molecule has 2 heterocycles. The Labute approximate surface area is 112 Å². The third kappa shape index (κ3) is 2.78. The van der Waals surface area contributed by atoms with Gasteiger partial charge in [-0.1, -0.05) is 12.1 Å². The van der Waals surface area contributed by atoms with Gasteiger partial charge in [0.1, 0.15) is 5.82 Å². The Hall–Kier alpha value is -1.42. The van der Waals surface area contributed by atoms with Crippen molar-refractivity contribution < 1.29 is 9.18 Å². The van der Waals surface area contributed by atoms with Crippen LogP contribution in [-0.4, -0.2) is 37.0 Å². The van der Waals surface area contributed by atoms with Crippen molar-refractivity contribution in [3.63, 3.8) is 0 Å². The quantitative estimate of drug-likeness (QED) is 0.874. The van der Waals surface area contributed by atoms with E-state index in [1.165, 1.54) is 12.1 Å². The van der Waals surface area contributed by atoms with E-state index in [9.17, 15) is 9.18 Å². The second-order valence-electron chi connectivity index (χ2n) is 5.61. The first-order chi connectivity index (χ1) is 9.22. The van der Waals surface area contributed by atoms with E-state index in [-0.39, 0.29) is 11.7 Å². The van der Waals surface area contributed by atoms with E-state index < -0.39 is 0 Å². The Morgan fingerprint density at radius 3 is 3.05 bits per heavy atom. The van der Waals surface area contributed by atoms with E-state index in [0.717, 1.165) is 44.1 Å². The number of halogens is 1. The van der Waals surface area contributed by atoms with Crippen molar-refractivity contribution in [1.82, 2.24) is 10.2 Å². The molecule has 2 unspecified atom stereocenters. The van der Waals surface area contributed by atoms with Crippen LogP contribution in [0.2, 0.25) is 0 Å². The predicted molar refractivity (Wildman–Crippen MR) is 71.2 cm³/mol. The van der Waals surface area contributed by atoms with Gasteiger partial charge in [-0.15, -0.1) is 0 Å². The van der Waals surface area contributed by atoms with Crippen molar-refractivity contribution in [1.29, 1.82) is 0 Å². The van der Waals surface area contributed by atoms with E-state index in [2.05, 4.69) is 5.32 Å². The highest BCUT2D eigenvalue weighted by Gasteiger charge is 2.34. The molecule has 2 fully saturated rings. The minimum absolute atomic E-state index is 0.121. The first kappa shape index (κ1) is 12.6. The summed E-state index contributed by atoms with van der Waals surface area (Å²) in [5.41, 5.74) is 0.761. The predicted octanol–water partition coefficient (Wildman–Crippen LogP) is 1.44. The van der Waals surface area contributed by atoms with E-state index in [1.807, 2.05) is 11.0 Å². The SMILES string of the molecule is O=C(Cc1cccc(F)c1)N1CCC2CNCC2C1. The normalized spacial score (nSPS) is 26.3. The molecule has 0 spiro atoms. The summed E-state index contributed by atoms with van der Waals surface area (Å²) in [6, 6.07) is 6.32. The van der Waals surface area contributed by atoms with Crippen LogP contribution in [0.3, 0.4) is 0 Å². The van der Waals surface area contributed by atoms with Crippen LogP contribution >= 0.6 is 0 Å². The highest BCUT2D eigenvalue weighted by Crippen LogP contribution is 2.26. The van der Waals surface area contributed by atoms with Crippen molar-refractivity contribution >= 4 is 5.91 Å². The van der Waals surface area contributed by atoms with E-state index >= 15 is 0 Å². The maximum atomic E-state index is 13.1. The van der Waals surface area contributed by atoms with Crippen molar-refractivity contribution in [2.24, 2.45) is 11.8 Å². The molecular formula is C15H19FN2O. The summed E-state index contributed by atoms with van der Waals surface area (Å²) in [4.78, 5) is 14.2. The number of nitrogens with one attached hydrogen (secondary N) is 1. The number of piperidine rings is 1. The molecule has 0 radical (unpaired) electrons. The van der Waals surface area contributed by atoms with Gasteiger partial charge in [0, 0.05) is 13.1 Å². The third-order valence-electron chi connectivity index (χ3n) is 4.30. The number of hydrogen-bond acceptors (Lipinski definition) is 2. The second-order valence-corrected chi connectivity index (χ2v) is 5.61. The van der Waals surface area contributed by atoms with Gasteiger partial charge in [0.25, 0.3) is 0 Å². The summed E-state index contributed by atoms with van der Waals surface area (Å²) in [7, 11) is 0. The van der Waals surface area contributed by atoms with Gasteiger partial charge < -0.3 is 10.2 Å². The van der Waals surface area contributed by atoms with Gasteiger partial charge in [0.15, 0.2) is 0 Å². The van der Waals surface area contributed by atoms with Crippen LogP contribution in [0.25, 0.3) is 0 Å². The van der Waals surface area contributed by atoms with Crippen LogP contribution < -0.4 is 5.32 Å². The monoisotopic (exact) mass is 262 g/mol. The average molecular weight is 262 g/mol. The first-order valence-corrected chi connectivity index (χ1v) is 6.95. The number of rotatable bonds is 2. The van der Waals surface area contributed by atoms with Crippen molar-refractivity contribution in [3.8, 4) is 0 Å². The molecule has 2 atom stereocenters. The lowest BCUT2D eigenvalue weighted by Crippen LogP contribution is -2.44. The highest BCUT2D eigenvalue weighted by molar-refractivity contribution is 5.78. The molecule has 0 aromatic heterocycles. The molecule has 1 amide bonds. The molecule has 2 saturated heterocycles. The summed E-state index contributed by atoms with van der Waals surface area (Å²) in [5, 5.41) is 3.39. The van der Waals surface area contributed by atoms with E-state index in [4.69, 9.17) is 0 Å². The maximum absolute atomic E-state index is 13.1. The number of amides is 1. The summed E-state index contributed by atoms with van der Waals surface area (Å²) >= 11 is 0. The van der Waals surface area contributed by atoms with Crippen LogP contribution in [-0.2, 0) is 11.2 Å². The van der Waals surface area contributed by atoms with Crippen molar-refractivity contribution in [2.75, 3.05) is 26.2 Å². The number of carbonyl (C=O) groups is 1. The van der Waals surface area contributed by atoms with E-state index in [0.29, 0.717) is 12.3 Å². The molecule has 2 aliphatic heterocycles. The Kier molecular flexibility index (Phi) is 3.51. The first-order valence-electron chi connectivity index (χ1n) is 6.95. The zero-order valence-corrected chi connectivity index (χ0v) is 10.9. The van der Waals surface area contributed by atoms with Crippen LogP contribution in [0.1, 0.15) is 12.0 Å². The number of likely N-dealkylation sites (tertiary alicyclic amines) is 1. The summed E-state index contributed by atoms with van der Waals surface area (Å²) in [6.45, 7) is 3.81. The number of carbonyl (C=O) groups excluding carboxylic acids is 1. The fraction of sp³-hybridized carbons (Fsp3) is 0.533. The average Bonchev–Trinajstić information content (AvgIpc) is 2.85.